The largest absolute Gasteiger partial charge is 0.393 e. The summed E-state index contributed by atoms with van der Waals surface area (Å²) < 4.78 is 0. The Labute approximate surface area is 187 Å². The van der Waals surface area contributed by atoms with Crippen LogP contribution in [0.25, 0.3) is 0 Å². The van der Waals surface area contributed by atoms with Crippen molar-refractivity contribution in [2.24, 2.45) is 46.3 Å². The van der Waals surface area contributed by atoms with Crippen LogP contribution in [-0.2, 0) is 0 Å². The number of rotatable bonds is 7. The Hall–Kier alpha value is -0.300. The minimum Gasteiger partial charge on any atom is -0.393 e. The lowest BCUT2D eigenvalue weighted by Crippen LogP contribution is -2.50. The van der Waals surface area contributed by atoms with Gasteiger partial charge in [-0.25, -0.2) is 0 Å². The van der Waals surface area contributed by atoms with Crippen molar-refractivity contribution >= 4 is 0 Å². The van der Waals surface area contributed by atoms with Gasteiger partial charge in [-0.3, -0.25) is 0 Å². The first-order valence-electron chi connectivity index (χ1n) is 13.7. The minimum atomic E-state index is -0.0773. The second-order valence-electron chi connectivity index (χ2n) is 12.7. The SMILES string of the molecule is CCCC(C)CCCC(C)[C@H]1CC[C@H]2[C@@H]3CC=C4C[C@@H](O)CC[C@]4(C)[C@H]3CC[C@]12C. The summed E-state index contributed by atoms with van der Waals surface area (Å²) in [6, 6.07) is 0. The van der Waals surface area contributed by atoms with E-state index in [9.17, 15) is 5.11 Å². The van der Waals surface area contributed by atoms with Crippen molar-refractivity contribution in [1.29, 1.82) is 0 Å². The van der Waals surface area contributed by atoms with E-state index >= 15 is 0 Å². The molecule has 30 heavy (non-hydrogen) atoms. The Kier molecular flexibility index (Phi) is 6.80. The molecule has 0 bridgehead atoms. The van der Waals surface area contributed by atoms with Crippen LogP contribution in [0.3, 0.4) is 0 Å². The van der Waals surface area contributed by atoms with E-state index in [2.05, 4.69) is 40.7 Å². The number of hydrogen-bond acceptors (Lipinski definition) is 1. The molecule has 0 saturated heterocycles. The van der Waals surface area contributed by atoms with Crippen LogP contribution in [0.4, 0.5) is 0 Å². The van der Waals surface area contributed by atoms with Crippen LogP contribution in [-0.4, -0.2) is 11.2 Å². The van der Waals surface area contributed by atoms with Crippen LogP contribution in [0.2, 0.25) is 0 Å². The maximum atomic E-state index is 10.2. The first-order chi connectivity index (χ1) is 14.3. The minimum absolute atomic E-state index is 0.0773. The summed E-state index contributed by atoms with van der Waals surface area (Å²) in [5, 5.41) is 10.2. The highest BCUT2D eigenvalue weighted by Crippen LogP contribution is 2.67. The van der Waals surface area contributed by atoms with Gasteiger partial charge in [-0.05, 0) is 97.7 Å². The Bertz CT molecular complexity index is 622. The van der Waals surface area contributed by atoms with E-state index in [1.54, 1.807) is 5.57 Å². The lowest BCUT2D eigenvalue weighted by Gasteiger charge is -2.58. The quantitative estimate of drug-likeness (QED) is 0.416. The fourth-order valence-electron chi connectivity index (χ4n) is 9.24. The van der Waals surface area contributed by atoms with Crippen LogP contribution < -0.4 is 0 Å². The molecular formula is C29H50O. The van der Waals surface area contributed by atoms with Crippen LogP contribution in [0.15, 0.2) is 11.6 Å². The van der Waals surface area contributed by atoms with Crippen molar-refractivity contribution in [3.05, 3.63) is 11.6 Å². The van der Waals surface area contributed by atoms with Gasteiger partial charge in [-0.15, -0.1) is 0 Å². The van der Waals surface area contributed by atoms with Gasteiger partial charge < -0.3 is 5.11 Å². The summed E-state index contributed by atoms with van der Waals surface area (Å²) in [7, 11) is 0. The fraction of sp³-hybridized carbons (Fsp3) is 0.931. The third kappa shape index (κ3) is 3.95. The average molecular weight is 415 g/mol. The second-order valence-corrected chi connectivity index (χ2v) is 12.7. The maximum absolute atomic E-state index is 10.2. The molecule has 0 aromatic carbocycles. The van der Waals surface area contributed by atoms with Gasteiger partial charge in [0.15, 0.2) is 0 Å². The summed E-state index contributed by atoms with van der Waals surface area (Å²) >= 11 is 0. The smallest absolute Gasteiger partial charge is 0.0577 e. The highest BCUT2D eigenvalue weighted by atomic mass is 16.3. The average Bonchev–Trinajstić information content (AvgIpc) is 3.06. The molecule has 3 fully saturated rings. The van der Waals surface area contributed by atoms with Crippen LogP contribution in [0.1, 0.15) is 118 Å². The van der Waals surface area contributed by atoms with E-state index in [4.69, 9.17) is 0 Å². The van der Waals surface area contributed by atoms with E-state index in [0.29, 0.717) is 10.8 Å². The van der Waals surface area contributed by atoms with Crippen LogP contribution in [0.5, 0.6) is 0 Å². The van der Waals surface area contributed by atoms with Crippen LogP contribution in [0, 0.1) is 46.3 Å². The zero-order valence-corrected chi connectivity index (χ0v) is 20.8. The lowest BCUT2D eigenvalue weighted by molar-refractivity contribution is -0.0573. The van der Waals surface area contributed by atoms with Gasteiger partial charge in [0.05, 0.1) is 6.10 Å². The molecule has 9 atom stereocenters. The van der Waals surface area contributed by atoms with Gasteiger partial charge in [0.1, 0.15) is 0 Å². The van der Waals surface area contributed by atoms with E-state index in [1.165, 1.54) is 70.6 Å². The van der Waals surface area contributed by atoms with E-state index in [1.807, 2.05) is 0 Å². The summed E-state index contributed by atoms with van der Waals surface area (Å²) in [6.07, 6.45) is 20.0. The predicted octanol–water partition coefficient (Wildman–Crippen LogP) is 8.17. The number of fused-ring (bicyclic) bond motifs is 5. The molecule has 3 saturated carbocycles. The Balaban J connectivity index is 1.42. The van der Waals surface area contributed by atoms with E-state index in [0.717, 1.165) is 48.3 Å². The zero-order chi connectivity index (χ0) is 21.5. The summed E-state index contributed by atoms with van der Waals surface area (Å²) in [4.78, 5) is 0. The fourth-order valence-corrected chi connectivity index (χ4v) is 9.24. The molecule has 4 aliphatic rings. The topological polar surface area (TPSA) is 20.2 Å². The summed E-state index contributed by atoms with van der Waals surface area (Å²) in [5.74, 6) is 5.52. The predicted molar refractivity (Wildman–Crippen MR) is 128 cm³/mol. The van der Waals surface area contributed by atoms with E-state index in [-0.39, 0.29) is 6.10 Å². The number of aliphatic hydroxyl groups is 1. The molecule has 0 spiro atoms. The van der Waals surface area contributed by atoms with Gasteiger partial charge in [-0.2, -0.15) is 0 Å². The van der Waals surface area contributed by atoms with Gasteiger partial charge in [0, 0.05) is 0 Å². The van der Waals surface area contributed by atoms with Gasteiger partial charge in [0.2, 0.25) is 0 Å². The zero-order valence-electron chi connectivity index (χ0n) is 20.8. The third-order valence-electron chi connectivity index (χ3n) is 11.0. The number of hydrogen-bond donors (Lipinski definition) is 1. The lowest BCUT2D eigenvalue weighted by atomic mass is 9.47. The van der Waals surface area contributed by atoms with Crippen molar-refractivity contribution in [1.82, 2.24) is 0 Å². The monoisotopic (exact) mass is 414 g/mol. The second kappa shape index (κ2) is 8.92. The molecule has 4 rings (SSSR count). The highest BCUT2D eigenvalue weighted by molar-refractivity contribution is 5.25. The van der Waals surface area contributed by atoms with Crippen molar-refractivity contribution in [2.75, 3.05) is 0 Å². The standard InChI is InChI=1S/C29H50O/c1-6-8-20(2)9-7-10-21(3)25-13-14-26-24-12-11-22-19-23(30)15-17-28(22,4)27(24)16-18-29(25,26)5/h11,20-21,23-27,30H,6-10,12-19H2,1-5H3/t20?,21?,23-,24-,25+,26-,27-,28-,29+/m0/s1. The molecule has 4 aliphatic carbocycles. The van der Waals surface area contributed by atoms with Crippen molar-refractivity contribution in [2.45, 2.75) is 124 Å². The van der Waals surface area contributed by atoms with Gasteiger partial charge in [-0.1, -0.05) is 78.4 Å². The van der Waals surface area contributed by atoms with Crippen molar-refractivity contribution in [3.63, 3.8) is 0 Å². The Morgan fingerprint density at radius 1 is 1.00 bits per heavy atom. The van der Waals surface area contributed by atoms with Crippen molar-refractivity contribution in [3.8, 4) is 0 Å². The molecular weight excluding hydrogens is 364 g/mol. The van der Waals surface area contributed by atoms with Gasteiger partial charge in [0.25, 0.3) is 0 Å². The molecule has 1 nitrogen and oxygen atoms in total. The molecule has 1 heteroatoms. The first kappa shape index (κ1) is 22.9. The summed E-state index contributed by atoms with van der Waals surface area (Å²) in [5.41, 5.74) is 2.60. The third-order valence-corrected chi connectivity index (χ3v) is 11.0. The Morgan fingerprint density at radius 2 is 1.80 bits per heavy atom. The molecule has 0 heterocycles. The first-order valence-corrected chi connectivity index (χ1v) is 13.7. The molecule has 0 amide bonds. The van der Waals surface area contributed by atoms with Crippen LogP contribution >= 0.6 is 0 Å². The Morgan fingerprint density at radius 3 is 2.57 bits per heavy atom. The molecule has 1 N–H and O–H groups in total. The molecule has 0 aliphatic heterocycles. The normalized spacial score (nSPS) is 45.1. The highest BCUT2D eigenvalue weighted by Gasteiger charge is 2.59. The number of aliphatic hydroxyl groups excluding tert-OH is 1. The molecule has 0 aromatic rings. The molecule has 2 unspecified atom stereocenters. The maximum Gasteiger partial charge on any atom is 0.0577 e. The molecule has 0 radical (unpaired) electrons. The number of allylic oxidation sites excluding steroid dienone is 1. The van der Waals surface area contributed by atoms with E-state index < -0.39 is 0 Å². The molecule has 172 valence electrons. The summed E-state index contributed by atoms with van der Waals surface area (Å²) in [6.45, 7) is 12.6. The van der Waals surface area contributed by atoms with Crippen molar-refractivity contribution < 1.29 is 5.11 Å². The van der Waals surface area contributed by atoms with Gasteiger partial charge >= 0.3 is 0 Å². The molecule has 0 aromatic heterocycles.